The molecule has 9 heteroatoms. The molecule has 0 saturated heterocycles. The summed E-state index contributed by atoms with van der Waals surface area (Å²) in [6.45, 7) is 7.98. The molecular formula is C30H34N6O3. The molecule has 0 aliphatic heterocycles. The van der Waals surface area contributed by atoms with Crippen molar-refractivity contribution in [2.24, 2.45) is 5.92 Å². The predicted molar refractivity (Wildman–Crippen MR) is 152 cm³/mol. The average molecular weight is 527 g/mol. The molecule has 3 aromatic carbocycles. The Morgan fingerprint density at radius 2 is 1.64 bits per heavy atom. The highest BCUT2D eigenvalue weighted by molar-refractivity contribution is 6.02. The number of fused-ring (bicyclic) bond motifs is 1. The lowest BCUT2D eigenvalue weighted by Gasteiger charge is -2.32. The van der Waals surface area contributed by atoms with E-state index in [1.807, 2.05) is 55.5 Å². The molecule has 0 spiro atoms. The molecular weight excluding hydrogens is 492 g/mol. The van der Waals surface area contributed by atoms with Gasteiger partial charge in [0.2, 0.25) is 17.7 Å². The molecule has 9 nitrogen and oxygen atoms in total. The minimum Gasteiger partial charge on any atom is -0.354 e. The van der Waals surface area contributed by atoms with Gasteiger partial charge >= 0.3 is 0 Å². The molecule has 2 N–H and O–H groups in total. The zero-order chi connectivity index (χ0) is 27.9. The number of anilines is 2. The van der Waals surface area contributed by atoms with Crippen LogP contribution >= 0.6 is 0 Å². The van der Waals surface area contributed by atoms with Crippen LogP contribution in [0.1, 0.15) is 44.4 Å². The molecule has 0 aliphatic rings. The molecule has 0 radical (unpaired) electrons. The fourth-order valence-corrected chi connectivity index (χ4v) is 4.33. The van der Waals surface area contributed by atoms with Crippen molar-refractivity contribution < 1.29 is 14.4 Å². The van der Waals surface area contributed by atoms with Crippen LogP contribution in [0.5, 0.6) is 0 Å². The molecule has 4 rings (SSSR count). The number of benzene rings is 3. The van der Waals surface area contributed by atoms with Crippen molar-refractivity contribution in [2.45, 2.75) is 46.7 Å². The normalized spacial score (nSPS) is 11.8. The van der Waals surface area contributed by atoms with E-state index in [4.69, 9.17) is 0 Å². The summed E-state index contributed by atoms with van der Waals surface area (Å²) in [6, 6.07) is 21.0. The quantitative estimate of drug-likeness (QED) is 0.313. The van der Waals surface area contributed by atoms with Crippen LogP contribution in [0.2, 0.25) is 0 Å². The summed E-state index contributed by atoms with van der Waals surface area (Å²) < 4.78 is 1.54. The van der Waals surface area contributed by atoms with Crippen molar-refractivity contribution >= 4 is 40.1 Å². The Labute approximate surface area is 228 Å². The Kier molecular flexibility index (Phi) is 8.70. The third-order valence-electron chi connectivity index (χ3n) is 6.36. The number of nitrogens with zero attached hydrogens (tertiary/aromatic N) is 4. The number of carbonyl (C=O) groups excluding carboxylic acids is 3. The average Bonchev–Trinajstić information content (AvgIpc) is 3.30. The lowest BCUT2D eigenvalue weighted by atomic mass is 10.0. The highest BCUT2D eigenvalue weighted by atomic mass is 16.2. The van der Waals surface area contributed by atoms with Crippen molar-refractivity contribution in [3.05, 3.63) is 83.9 Å². The monoisotopic (exact) mass is 526 g/mol. The molecule has 1 aromatic heterocycles. The molecule has 0 fully saturated rings. The summed E-state index contributed by atoms with van der Waals surface area (Å²) in [4.78, 5) is 40.9. The Bertz CT molecular complexity index is 1440. The lowest BCUT2D eigenvalue weighted by Crippen LogP contribution is -2.45. The molecule has 39 heavy (non-hydrogen) atoms. The van der Waals surface area contributed by atoms with E-state index in [0.717, 1.165) is 17.5 Å². The molecule has 0 bridgehead atoms. The zero-order valence-electron chi connectivity index (χ0n) is 22.7. The summed E-state index contributed by atoms with van der Waals surface area (Å²) in [5.41, 5.74) is 4.24. The fourth-order valence-electron chi connectivity index (χ4n) is 4.33. The molecule has 0 saturated carbocycles. The SMILES string of the molecule is CC(=O)Nc1ccc(N(C(=O)Cn2nnc3ccccc32)C(C(=O)NCCC(C)C)c2ccc(C)cc2)cc1. The first kappa shape index (κ1) is 27.5. The first-order valence-corrected chi connectivity index (χ1v) is 13.0. The Balaban J connectivity index is 1.76. The van der Waals surface area contributed by atoms with Gasteiger partial charge in [-0.1, -0.05) is 61.0 Å². The van der Waals surface area contributed by atoms with Crippen LogP contribution in [0.4, 0.5) is 11.4 Å². The summed E-state index contributed by atoms with van der Waals surface area (Å²) in [5, 5.41) is 14.1. The van der Waals surface area contributed by atoms with E-state index in [-0.39, 0.29) is 24.3 Å². The maximum Gasteiger partial charge on any atom is 0.249 e. The molecule has 1 heterocycles. The van der Waals surface area contributed by atoms with E-state index in [1.165, 1.54) is 11.8 Å². The lowest BCUT2D eigenvalue weighted by molar-refractivity contribution is -0.127. The van der Waals surface area contributed by atoms with Crippen molar-refractivity contribution in [3.8, 4) is 0 Å². The summed E-state index contributed by atoms with van der Waals surface area (Å²) in [6.07, 6.45) is 0.816. The van der Waals surface area contributed by atoms with E-state index < -0.39 is 6.04 Å². The van der Waals surface area contributed by atoms with Crippen molar-refractivity contribution in [1.82, 2.24) is 20.3 Å². The number of amides is 3. The van der Waals surface area contributed by atoms with Gasteiger partial charge in [-0.25, -0.2) is 4.68 Å². The smallest absolute Gasteiger partial charge is 0.249 e. The number of aromatic nitrogens is 3. The largest absolute Gasteiger partial charge is 0.354 e. The number of para-hydroxylation sites is 1. The number of hydrogen-bond acceptors (Lipinski definition) is 5. The van der Waals surface area contributed by atoms with Gasteiger partial charge in [0.05, 0.1) is 5.52 Å². The van der Waals surface area contributed by atoms with Crippen molar-refractivity contribution in [3.63, 3.8) is 0 Å². The van der Waals surface area contributed by atoms with Crippen LogP contribution in [0, 0.1) is 12.8 Å². The fraction of sp³-hybridized carbons (Fsp3) is 0.300. The molecule has 4 aromatic rings. The number of nitrogens with one attached hydrogen (secondary N) is 2. The van der Waals surface area contributed by atoms with Gasteiger partial charge in [0, 0.05) is 24.8 Å². The Hall–Kier alpha value is -4.53. The summed E-state index contributed by atoms with van der Waals surface area (Å²) >= 11 is 0. The summed E-state index contributed by atoms with van der Waals surface area (Å²) in [5.74, 6) is -0.386. The van der Waals surface area contributed by atoms with E-state index in [1.54, 1.807) is 28.9 Å². The van der Waals surface area contributed by atoms with Crippen molar-refractivity contribution in [1.29, 1.82) is 0 Å². The highest BCUT2D eigenvalue weighted by Crippen LogP contribution is 2.30. The summed E-state index contributed by atoms with van der Waals surface area (Å²) in [7, 11) is 0. The number of carbonyl (C=O) groups is 3. The first-order valence-electron chi connectivity index (χ1n) is 13.0. The van der Waals surface area contributed by atoms with Gasteiger partial charge in [0.1, 0.15) is 18.1 Å². The topological polar surface area (TPSA) is 109 Å². The number of aryl methyl sites for hydroxylation is 1. The third-order valence-corrected chi connectivity index (χ3v) is 6.36. The minimum atomic E-state index is -0.924. The molecule has 1 unspecified atom stereocenters. The Morgan fingerprint density at radius 3 is 2.31 bits per heavy atom. The van der Waals surface area contributed by atoms with Gasteiger partial charge in [-0.15, -0.1) is 5.10 Å². The second kappa shape index (κ2) is 12.3. The maximum atomic E-state index is 14.1. The van der Waals surface area contributed by atoms with Gasteiger partial charge in [-0.2, -0.15) is 0 Å². The molecule has 1 atom stereocenters. The van der Waals surface area contributed by atoms with Gasteiger partial charge in [-0.05, 0) is 61.2 Å². The van der Waals surface area contributed by atoms with Gasteiger partial charge in [-0.3, -0.25) is 19.3 Å². The van der Waals surface area contributed by atoms with Crippen molar-refractivity contribution in [2.75, 3.05) is 16.8 Å². The minimum absolute atomic E-state index is 0.115. The van der Waals surface area contributed by atoms with Gasteiger partial charge in [0.15, 0.2) is 0 Å². The maximum absolute atomic E-state index is 14.1. The van der Waals surface area contributed by atoms with E-state index in [0.29, 0.717) is 34.9 Å². The van der Waals surface area contributed by atoms with Crippen LogP contribution in [-0.4, -0.2) is 39.3 Å². The highest BCUT2D eigenvalue weighted by Gasteiger charge is 2.33. The van der Waals surface area contributed by atoms with Crippen LogP contribution in [-0.2, 0) is 20.9 Å². The third kappa shape index (κ3) is 6.87. The molecule has 0 aliphatic carbocycles. The number of hydrogen-bond donors (Lipinski definition) is 2. The molecule has 202 valence electrons. The van der Waals surface area contributed by atoms with Crippen LogP contribution in [0.3, 0.4) is 0 Å². The second-order valence-corrected chi connectivity index (χ2v) is 10.0. The van der Waals surface area contributed by atoms with Crippen LogP contribution in [0.15, 0.2) is 72.8 Å². The second-order valence-electron chi connectivity index (χ2n) is 10.0. The molecule has 3 amide bonds. The van der Waals surface area contributed by atoms with E-state index >= 15 is 0 Å². The standard InChI is InChI=1S/C30H34N6O3/c1-20(2)17-18-31-30(39)29(23-11-9-21(3)10-12-23)36(25-15-13-24(14-16-25)32-22(4)37)28(38)19-35-27-8-6-5-7-26(27)33-34-35/h5-16,20,29H,17-19H2,1-4H3,(H,31,39)(H,32,37). The predicted octanol–water partition coefficient (Wildman–Crippen LogP) is 4.63. The Morgan fingerprint density at radius 1 is 0.949 bits per heavy atom. The first-order chi connectivity index (χ1) is 18.7. The van der Waals surface area contributed by atoms with Crippen LogP contribution in [0.25, 0.3) is 11.0 Å². The van der Waals surface area contributed by atoms with E-state index in [2.05, 4.69) is 34.8 Å². The van der Waals surface area contributed by atoms with E-state index in [9.17, 15) is 14.4 Å². The van der Waals surface area contributed by atoms with Gasteiger partial charge < -0.3 is 10.6 Å². The van der Waals surface area contributed by atoms with Crippen LogP contribution < -0.4 is 15.5 Å². The number of rotatable bonds is 10. The van der Waals surface area contributed by atoms with Gasteiger partial charge in [0.25, 0.3) is 0 Å². The zero-order valence-corrected chi connectivity index (χ0v) is 22.7.